The smallest absolute Gasteiger partial charge is 0.353 e. The summed E-state index contributed by atoms with van der Waals surface area (Å²) in [7, 11) is 0. The van der Waals surface area contributed by atoms with Crippen LogP contribution in [0.5, 0.6) is 0 Å². The minimum Gasteiger partial charge on any atom is -0.477 e. The standard InChI is InChI=1S/C13H16N4O4/c18-11-3-8(6-17(11)5-7-1-2-7)12(19)14-10-4-9(13(20)21)15-16-10/h4,7-8H,1-3,5-6H2,(H,20,21)(H2,14,15,16,19). The number of aromatic nitrogens is 2. The zero-order chi connectivity index (χ0) is 15.0. The molecule has 1 aliphatic carbocycles. The number of amides is 2. The fourth-order valence-corrected chi connectivity index (χ4v) is 2.46. The predicted octanol–water partition coefficient (Wildman–Crippen LogP) is 0.305. The Morgan fingerprint density at radius 2 is 2.24 bits per heavy atom. The molecule has 0 spiro atoms. The van der Waals surface area contributed by atoms with Gasteiger partial charge in [-0.15, -0.1) is 0 Å². The lowest BCUT2D eigenvalue weighted by Gasteiger charge is -2.15. The molecule has 2 heterocycles. The van der Waals surface area contributed by atoms with E-state index in [9.17, 15) is 14.4 Å². The molecule has 0 aromatic carbocycles. The molecular formula is C13H16N4O4. The number of aromatic carboxylic acids is 1. The lowest BCUT2D eigenvalue weighted by atomic mass is 10.1. The average Bonchev–Trinajstić information content (AvgIpc) is 2.98. The molecule has 0 radical (unpaired) electrons. The first kappa shape index (κ1) is 13.6. The van der Waals surface area contributed by atoms with Crippen molar-refractivity contribution in [2.45, 2.75) is 19.3 Å². The first-order valence-electron chi connectivity index (χ1n) is 6.90. The Morgan fingerprint density at radius 1 is 1.48 bits per heavy atom. The average molecular weight is 292 g/mol. The number of carbonyl (C=O) groups is 3. The van der Waals surface area contributed by atoms with E-state index in [2.05, 4.69) is 15.5 Å². The van der Waals surface area contributed by atoms with Crippen LogP contribution in [-0.4, -0.2) is 51.1 Å². The van der Waals surface area contributed by atoms with Crippen LogP contribution in [0.3, 0.4) is 0 Å². The molecular weight excluding hydrogens is 276 g/mol. The second-order valence-electron chi connectivity index (χ2n) is 5.60. The molecule has 8 heteroatoms. The van der Waals surface area contributed by atoms with Gasteiger partial charge >= 0.3 is 5.97 Å². The summed E-state index contributed by atoms with van der Waals surface area (Å²) in [5.74, 6) is -1.08. The third-order valence-corrected chi connectivity index (χ3v) is 3.82. The number of aromatic amines is 1. The van der Waals surface area contributed by atoms with Crippen LogP contribution in [0.25, 0.3) is 0 Å². The maximum Gasteiger partial charge on any atom is 0.353 e. The lowest BCUT2D eigenvalue weighted by molar-refractivity contribution is -0.128. The molecule has 2 aliphatic rings. The normalized spacial score (nSPS) is 21.6. The SMILES string of the molecule is O=C(O)c1cc(NC(=O)C2CC(=O)N(CC3CC3)C2)n[nH]1. The van der Waals surface area contributed by atoms with Crippen LogP contribution < -0.4 is 5.32 Å². The fourth-order valence-electron chi connectivity index (χ4n) is 2.46. The molecule has 2 amide bonds. The molecule has 1 aromatic heterocycles. The highest BCUT2D eigenvalue weighted by atomic mass is 16.4. The van der Waals surface area contributed by atoms with E-state index in [0.29, 0.717) is 12.5 Å². The minimum absolute atomic E-state index is 0.00954. The topological polar surface area (TPSA) is 115 Å². The third-order valence-electron chi connectivity index (χ3n) is 3.82. The van der Waals surface area contributed by atoms with Crippen LogP contribution >= 0.6 is 0 Å². The summed E-state index contributed by atoms with van der Waals surface area (Å²) in [5, 5.41) is 17.3. The number of nitrogens with zero attached hydrogens (tertiary/aromatic N) is 2. The highest BCUT2D eigenvalue weighted by Crippen LogP contribution is 2.32. The van der Waals surface area contributed by atoms with Gasteiger partial charge in [0, 0.05) is 25.6 Å². The summed E-state index contributed by atoms with van der Waals surface area (Å²) in [5.41, 5.74) is -0.0943. The monoisotopic (exact) mass is 292 g/mol. The number of anilines is 1. The number of hydrogen-bond donors (Lipinski definition) is 3. The van der Waals surface area contributed by atoms with Crippen LogP contribution in [0, 0.1) is 11.8 Å². The van der Waals surface area contributed by atoms with Gasteiger partial charge in [-0.3, -0.25) is 14.7 Å². The van der Waals surface area contributed by atoms with Gasteiger partial charge in [0.05, 0.1) is 5.92 Å². The number of hydrogen-bond acceptors (Lipinski definition) is 4. The molecule has 1 aliphatic heterocycles. The van der Waals surface area contributed by atoms with E-state index >= 15 is 0 Å². The summed E-state index contributed by atoms with van der Waals surface area (Å²) in [6, 6.07) is 1.25. The molecule has 112 valence electrons. The number of nitrogens with one attached hydrogen (secondary N) is 2. The second-order valence-corrected chi connectivity index (χ2v) is 5.60. The van der Waals surface area contributed by atoms with Crippen LogP contribution in [0.1, 0.15) is 29.8 Å². The molecule has 0 bridgehead atoms. The number of carboxylic acids is 1. The summed E-state index contributed by atoms with van der Waals surface area (Å²) in [6.07, 6.45) is 2.52. The zero-order valence-corrected chi connectivity index (χ0v) is 11.3. The molecule has 3 N–H and O–H groups in total. The fraction of sp³-hybridized carbons (Fsp3) is 0.538. The Hall–Kier alpha value is -2.38. The van der Waals surface area contributed by atoms with Crippen molar-refractivity contribution in [2.75, 3.05) is 18.4 Å². The van der Waals surface area contributed by atoms with Crippen LogP contribution in [-0.2, 0) is 9.59 Å². The van der Waals surface area contributed by atoms with E-state index in [-0.39, 0.29) is 29.7 Å². The van der Waals surface area contributed by atoms with E-state index in [0.717, 1.165) is 19.4 Å². The van der Waals surface area contributed by atoms with Crippen molar-refractivity contribution >= 4 is 23.6 Å². The van der Waals surface area contributed by atoms with E-state index in [1.54, 1.807) is 4.90 Å². The van der Waals surface area contributed by atoms with Crippen molar-refractivity contribution in [3.8, 4) is 0 Å². The van der Waals surface area contributed by atoms with Gasteiger partial charge in [-0.1, -0.05) is 0 Å². The van der Waals surface area contributed by atoms with Gasteiger partial charge in [0.2, 0.25) is 11.8 Å². The molecule has 3 rings (SSSR count). The number of carbonyl (C=O) groups excluding carboxylic acids is 2. The summed E-state index contributed by atoms with van der Waals surface area (Å²) < 4.78 is 0. The van der Waals surface area contributed by atoms with Crippen molar-refractivity contribution in [1.82, 2.24) is 15.1 Å². The molecule has 2 fully saturated rings. The van der Waals surface area contributed by atoms with Gasteiger partial charge in [0.15, 0.2) is 5.82 Å². The Labute approximate surface area is 120 Å². The van der Waals surface area contributed by atoms with Crippen LogP contribution in [0.4, 0.5) is 5.82 Å². The molecule has 1 aromatic rings. The van der Waals surface area contributed by atoms with Crippen molar-refractivity contribution in [3.05, 3.63) is 11.8 Å². The Bertz CT molecular complexity index is 593. The van der Waals surface area contributed by atoms with E-state index in [4.69, 9.17) is 5.11 Å². The largest absolute Gasteiger partial charge is 0.477 e. The molecule has 8 nitrogen and oxygen atoms in total. The second kappa shape index (κ2) is 5.19. The van der Waals surface area contributed by atoms with Crippen molar-refractivity contribution in [3.63, 3.8) is 0 Å². The van der Waals surface area contributed by atoms with Crippen molar-refractivity contribution in [2.24, 2.45) is 11.8 Å². The highest BCUT2D eigenvalue weighted by Gasteiger charge is 2.37. The van der Waals surface area contributed by atoms with Gasteiger partial charge < -0.3 is 15.3 Å². The molecule has 1 saturated heterocycles. The van der Waals surface area contributed by atoms with Crippen molar-refractivity contribution in [1.29, 1.82) is 0 Å². The quantitative estimate of drug-likeness (QED) is 0.722. The predicted molar refractivity (Wildman–Crippen MR) is 71.6 cm³/mol. The maximum absolute atomic E-state index is 12.1. The van der Waals surface area contributed by atoms with Gasteiger partial charge in [-0.05, 0) is 18.8 Å². The highest BCUT2D eigenvalue weighted by molar-refractivity contribution is 5.97. The summed E-state index contributed by atoms with van der Waals surface area (Å²) in [6.45, 7) is 1.17. The summed E-state index contributed by atoms with van der Waals surface area (Å²) in [4.78, 5) is 36.4. The van der Waals surface area contributed by atoms with E-state index < -0.39 is 11.9 Å². The molecule has 1 saturated carbocycles. The van der Waals surface area contributed by atoms with Crippen LogP contribution in [0.15, 0.2) is 6.07 Å². The third kappa shape index (κ3) is 3.04. The molecule has 21 heavy (non-hydrogen) atoms. The molecule has 1 atom stereocenters. The first-order chi connectivity index (χ1) is 10.0. The summed E-state index contributed by atoms with van der Waals surface area (Å²) >= 11 is 0. The van der Waals surface area contributed by atoms with Crippen LogP contribution in [0.2, 0.25) is 0 Å². The Morgan fingerprint density at radius 3 is 2.86 bits per heavy atom. The number of rotatable bonds is 5. The lowest BCUT2D eigenvalue weighted by Crippen LogP contribution is -2.29. The number of H-pyrrole nitrogens is 1. The first-order valence-corrected chi connectivity index (χ1v) is 6.90. The van der Waals surface area contributed by atoms with E-state index in [1.165, 1.54) is 6.07 Å². The van der Waals surface area contributed by atoms with Gasteiger partial charge in [-0.25, -0.2) is 4.79 Å². The van der Waals surface area contributed by atoms with Gasteiger partial charge in [-0.2, -0.15) is 5.10 Å². The van der Waals surface area contributed by atoms with Crippen molar-refractivity contribution < 1.29 is 19.5 Å². The number of likely N-dealkylation sites (tertiary alicyclic amines) is 1. The van der Waals surface area contributed by atoms with E-state index in [1.807, 2.05) is 0 Å². The minimum atomic E-state index is -1.14. The molecule has 1 unspecified atom stereocenters. The maximum atomic E-state index is 12.1. The Kier molecular flexibility index (Phi) is 3.36. The number of carboxylic acid groups (broad SMARTS) is 1. The Balaban J connectivity index is 1.57. The van der Waals surface area contributed by atoms with Gasteiger partial charge in [0.1, 0.15) is 5.69 Å². The van der Waals surface area contributed by atoms with Gasteiger partial charge in [0.25, 0.3) is 0 Å². The zero-order valence-electron chi connectivity index (χ0n) is 11.3.